The third-order valence-electron chi connectivity index (χ3n) is 2.81. The van der Waals surface area contributed by atoms with Crippen molar-refractivity contribution >= 4 is 11.6 Å². The van der Waals surface area contributed by atoms with Crippen LogP contribution in [0.25, 0.3) is 0 Å². The summed E-state index contributed by atoms with van der Waals surface area (Å²) >= 11 is 6.19. The van der Waals surface area contributed by atoms with Gasteiger partial charge in [0.1, 0.15) is 13.2 Å². The normalized spacial score (nSPS) is 23.4. The summed E-state index contributed by atoms with van der Waals surface area (Å²) in [5.41, 5.74) is 2.53. The molecule has 3 rings (SSSR count). The van der Waals surface area contributed by atoms with Crippen molar-refractivity contribution in [1.82, 2.24) is 0 Å². The molecule has 2 nitrogen and oxygen atoms in total. The molecule has 0 saturated carbocycles. The highest BCUT2D eigenvalue weighted by Gasteiger charge is 2.24. The van der Waals surface area contributed by atoms with Crippen molar-refractivity contribution < 1.29 is 9.47 Å². The second-order valence-electron chi connectivity index (χ2n) is 3.70. The van der Waals surface area contributed by atoms with E-state index >= 15 is 0 Å². The Hall–Kier alpha value is -0.890. The number of alkyl halides is 1. The molecule has 0 spiro atoms. The molecule has 1 aliphatic carbocycles. The third-order valence-corrected chi connectivity index (χ3v) is 3.26. The van der Waals surface area contributed by atoms with E-state index in [1.54, 1.807) is 0 Å². The fraction of sp³-hybridized carbons (Fsp3) is 0.455. The highest BCUT2D eigenvalue weighted by atomic mass is 35.5. The number of ether oxygens (including phenoxy) is 2. The van der Waals surface area contributed by atoms with Gasteiger partial charge in [0.15, 0.2) is 11.5 Å². The second kappa shape index (κ2) is 3.06. The predicted molar refractivity (Wildman–Crippen MR) is 54.3 cm³/mol. The molecule has 3 heteroatoms. The summed E-state index contributed by atoms with van der Waals surface area (Å²) in [6, 6.07) is 4.11. The van der Waals surface area contributed by atoms with Crippen molar-refractivity contribution in [3.05, 3.63) is 23.3 Å². The lowest BCUT2D eigenvalue weighted by Gasteiger charge is -2.19. The Bertz CT molecular complexity index is 375. The molecule has 2 aliphatic rings. The van der Waals surface area contributed by atoms with Crippen LogP contribution in [0.1, 0.15) is 22.9 Å². The molecular weight excluding hydrogens is 200 g/mol. The maximum atomic E-state index is 6.19. The summed E-state index contributed by atoms with van der Waals surface area (Å²) in [5, 5.41) is 0.154. The Balaban J connectivity index is 2.11. The summed E-state index contributed by atoms with van der Waals surface area (Å²) in [6.07, 6.45) is 2.08. The van der Waals surface area contributed by atoms with Gasteiger partial charge in [0.25, 0.3) is 0 Å². The van der Waals surface area contributed by atoms with Crippen LogP contribution >= 0.6 is 11.6 Å². The molecule has 1 atom stereocenters. The molecule has 1 aromatic carbocycles. The van der Waals surface area contributed by atoms with Crippen LogP contribution in [0.15, 0.2) is 12.1 Å². The van der Waals surface area contributed by atoms with Crippen molar-refractivity contribution in [3.63, 3.8) is 0 Å². The lowest BCUT2D eigenvalue weighted by molar-refractivity contribution is 0.171. The topological polar surface area (TPSA) is 18.5 Å². The van der Waals surface area contributed by atoms with E-state index < -0.39 is 0 Å². The fourth-order valence-electron chi connectivity index (χ4n) is 2.09. The Morgan fingerprint density at radius 2 is 1.86 bits per heavy atom. The number of hydrogen-bond acceptors (Lipinski definition) is 2. The minimum absolute atomic E-state index is 0.154. The molecule has 0 aromatic heterocycles. The minimum atomic E-state index is 0.154. The lowest BCUT2D eigenvalue weighted by Crippen LogP contribution is -2.15. The number of rotatable bonds is 0. The Kier molecular flexibility index (Phi) is 1.84. The standard InChI is InChI=1S/C11H11ClO2/c12-9-2-1-7-5-10-11(6-8(7)9)14-4-3-13-10/h5-6,9H,1-4H2. The van der Waals surface area contributed by atoms with Crippen LogP contribution in [0.3, 0.4) is 0 Å². The Morgan fingerprint density at radius 3 is 2.64 bits per heavy atom. The minimum Gasteiger partial charge on any atom is -0.486 e. The van der Waals surface area contributed by atoms with Crippen molar-refractivity contribution in [2.45, 2.75) is 18.2 Å². The van der Waals surface area contributed by atoms with Crippen LogP contribution in [0, 0.1) is 0 Å². The Labute approximate surface area is 87.8 Å². The molecule has 1 aromatic rings. The summed E-state index contributed by atoms with van der Waals surface area (Å²) in [6.45, 7) is 1.29. The Morgan fingerprint density at radius 1 is 1.14 bits per heavy atom. The summed E-state index contributed by atoms with van der Waals surface area (Å²) in [4.78, 5) is 0. The van der Waals surface area contributed by atoms with Crippen LogP contribution in [-0.4, -0.2) is 13.2 Å². The first-order valence-corrected chi connectivity index (χ1v) is 5.35. The highest BCUT2D eigenvalue weighted by molar-refractivity contribution is 6.21. The van der Waals surface area contributed by atoms with Gasteiger partial charge in [-0.25, -0.2) is 0 Å². The fourth-order valence-corrected chi connectivity index (χ4v) is 2.40. The highest BCUT2D eigenvalue weighted by Crippen LogP contribution is 2.42. The van der Waals surface area contributed by atoms with E-state index in [-0.39, 0.29) is 5.38 Å². The maximum absolute atomic E-state index is 6.19. The molecule has 0 fully saturated rings. The first kappa shape index (κ1) is 8.42. The molecule has 0 saturated heterocycles. The van der Waals surface area contributed by atoms with Gasteiger partial charge in [-0.15, -0.1) is 11.6 Å². The molecule has 1 unspecified atom stereocenters. The molecular formula is C11H11ClO2. The van der Waals surface area contributed by atoms with E-state index in [4.69, 9.17) is 21.1 Å². The maximum Gasteiger partial charge on any atom is 0.161 e. The quantitative estimate of drug-likeness (QED) is 0.613. The summed E-state index contributed by atoms with van der Waals surface area (Å²) < 4.78 is 11.0. The van der Waals surface area contributed by atoms with E-state index in [0.29, 0.717) is 13.2 Å². The van der Waals surface area contributed by atoms with Gasteiger partial charge >= 0.3 is 0 Å². The zero-order valence-corrected chi connectivity index (χ0v) is 8.51. The molecule has 1 heterocycles. The smallest absolute Gasteiger partial charge is 0.161 e. The molecule has 1 aliphatic heterocycles. The van der Waals surface area contributed by atoms with E-state index in [0.717, 1.165) is 24.3 Å². The molecule has 74 valence electrons. The average molecular weight is 211 g/mol. The van der Waals surface area contributed by atoms with Gasteiger partial charge in [-0.3, -0.25) is 0 Å². The molecule has 0 N–H and O–H groups in total. The van der Waals surface area contributed by atoms with Crippen LogP contribution in [0.5, 0.6) is 11.5 Å². The van der Waals surface area contributed by atoms with E-state index in [1.165, 1.54) is 11.1 Å². The van der Waals surface area contributed by atoms with Gasteiger partial charge in [-0.05, 0) is 36.1 Å². The first-order valence-electron chi connectivity index (χ1n) is 4.91. The van der Waals surface area contributed by atoms with Crippen LogP contribution in [0.2, 0.25) is 0 Å². The van der Waals surface area contributed by atoms with Gasteiger partial charge in [-0.2, -0.15) is 0 Å². The second-order valence-corrected chi connectivity index (χ2v) is 4.23. The SMILES string of the molecule is ClC1CCc2cc3c(cc21)OCCO3. The van der Waals surface area contributed by atoms with E-state index in [1.807, 2.05) is 6.07 Å². The molecule has 14 heavy (non-hydrogen) atoms. The van der Waals surface area contributed by atoms with Gasteiger partial charge in [0, 0.05) is 0 Å². The first-order chi connectivity index (χ1) is 6.84. The number of aryl methyl sites for hydroxylation is 1. The van der Waals surface area contributed by atoms with Gasteiger partial charge < -0.3 is 9.47 Å². The monoisotopic (exact) mass is 210 g/mol. The summed E-state index contributed by atoms with van der Waals surface area (Å²) in [7, 11) is 0. The number of halogens is 1. The van der Waals surface area contributed by atoms with E-state index in [2.05, 4.69) is 6.07 Å². The lowest BCUT2D eigenvalue weighted by atomic mass is 10.1. The van der Waals surface area contributed by atoms with Gasteiger partial charge in [0.05, 0.1) is 5.38 Å². The van der Waals surface area contributed by atoms with E-state index in [9.17, 15) is 0 Å². The zero-order valence-electron chi connectivity index (χ0n) is 7.75. The number of hydrogen-bond donors (Lipinski definition) is 0. The predicted octanol–water partition coefficient (Wildman–Crippen LogP) is 2.68. The zero-order chi connectivity index (χ0) is 9.54. The third kappa shape index (κ3) is 1.17. The van der Waals surface area contributed by atoms with Crippen LogP contribution in [-0.2, 0) is 6.42 Å². The van der Waals surface area contributed by atoms with Crippen molar-refractivity contribution in [1.29, 1.82) is 0 Å². The van der Waals surface area contributed by atoms with Crippen molar-refractivity contribution in [2.75, 3.05) is 13.2 Å². The molecule has 0 radical (unpaired) electrons. The van der Waals surface area contributed by atoms with Gasteiger partial charge in [0.2, 0.25) is 0 Å². The molecule has 0 amide bonds. The van der Waals surface area contributed by atoms with Gasteiger partial charge in [-0.1, -0.05) is 0 Å². The molecule has 0 bridgehead atoms. The van der Waals surface area contributed by atoms with Crippen molar-refractivity contribution in [2.24, 2.45) is 0 Å². The number of benzene rings is 1. The van der Waals surface area contributed by atoms with Crippen LogP contribution in [0.4, 0.5) is 0 Å². The van der Waals surface area contributed by atoms with Crippen molar-refractivity contribution in [3.8, 4) is 11.5 Å². The van der Waals surface area contributed by atoms with Crippen LogP contribution < -0.4 is 9.47 Å². The largest absolute Gasteiger partial charge is 0.486 e. The average Bonchev–Trinajstić information content (AvgIpc) is 2.57. The summed E-state index contributed by atoms with van der Waals surface area (Å²) in [5.74, 6) is 1.73. The number of fused-ring (bicyclic) bond motifs is 2.